The Bertz CT molecular complexity index is 818. The Morgan fingerprint density at radius 2 is 2.03 bits per heavy atom. The molecular formula is C25H46N3O4S+. The molecule has 0 aliphatic heterocycles. The fraction of sp³-hybridized carbons (Fsp3) is 0.800. The molecule has 0 aromatic rings. The van der Waals surface area contributed by atoms with Crippen LogP contribution in [0.1, 0.15) is 72.6 Å². The molecule has 5 atom stereocenters. The molecule has 0 radical (unpaired) electrons. The third-order valence-corrected chi connectivity index (χ3v) is 8.40. The van der Waals surface area contributed by atoms with Gasteiger partial charge in [-0.05, 0) is 6.92 Å². The number of carbonyl (C=O) groups excluding carboxylic acids is 1. The van der Waals surface area contributed by atoms with Crippen LogP contribution in [0, 0.1) is 22.7 Å². The molecule has 2 saturated carbocycles. The summed E-state index contributed by atoms with van der Waals surface area (Å²) in [6.45, 7) is 9.60. The summed E-state index contributed by atoms with van der Waals surface area (Å²) in [5, 5.41) is 11.1. The first-order valence-electron chi connectivity index (χ1n) is 12.4. The monoisotopic (exact) mass is 484 g/mol. The van der Waals surface area contributed by atoms with E-state index in [0.29, 0.717) is 37.2 Å². The Hall–Kier alpha value is -1.22. The first-order chi connectivity index (χ1) is 15.5. The van der Waals surface area contributed by atoms with Crippen molar-refractivity contribution < 1.29 is 18.1 Å². The van der Waals surface area contributed by atoms with Gasteiger partial charge in [0.15, 0.2) is 0 Å². The Morgan fingerprint density at radius 3 is 2.58 bits per heavy atom. The van der Waals surface area contributed by atoms with E-state index in [1.807, 2.05) is 20.0 Å². The average molecular weight is 485 g/mol. The molecule has 33 heavy (non-hydrogen) atoms. The van der Waals surface area contributed by atoms with E-state index >= 15 is 0 Å². The minimum atomic E-state index is -2.94. The van der Waals surface area contributed by atoms with Crippen molar-refractivity contribution >= 4 is 16.0 Å². The van der Waals surface area contributed by atoms with Crippen molar-refractivity contribution in [2.45, 2.75) is 78.7 Å². The molecule has 1 amide bonds. The normalized spacial score (nSPS) is 28.2. The first-order valence-corrected chi connectivity index (χ1v) is 14.4. The van der Waals surface area contributed by atoms with E-state index in [1.165, 1.54) is 37.3 Å². The molecule has 0 saturated heterocycles. The summed E-state index contributed by atoms with van der Waals surface area (Å²) in [6.07, 6.45) is 12.1. The van der Waals surface area contributed by atoms with Gasteiger partial charge in [-0.15, -0.1) is 0 Å². The zero-order valence-electron chi connectivity index (χ0n) is 21.4. The van der Waals surface area contributed by atoms with Crippen LogP contribution in [0.2, 0.25) is 0 Å². The summed E-state index contributed by atoms with van der Waals surface area (Å²) < 4.78 is 26.7. The topological polar surface area (TPSA) is 103 Å². The number of hydrogen-bond acceptors (Lipinski definition) is 5. The quantitative estimate of drug-likeness (QED) is 0.278. The van der Waals surface area contributed by atoms with E-state index in [0.717, 1.165) is 12.8 Å². The number of rotatable bonds is 13. The molecule has 0 aromatic heterocycles. The van der Waals surface area contributed by atoms with Gasteiger partial charge in [0.25, 0.3) is 0 Å². The van der Waals surface area contributed by atoms with Gasteiger partial charge in [0.2, 0.25) is 0 Å². The van der Waals surface area contributed by atoms with Crippen molar-refractivity contribution in [2.75, 3.05) is 26.5 Å². The number of amides is 1. The maximum absolute atomic E-state index is 13.9. The number of hydrogen-bond donors (Lipinski definition) is 4. The molecule has 3 unspecified atom stereocenters. The molecular weight excluding hydrogens is 438 g/mol. The average Bonchev–Trinajstić information content (AvgIpc) is 3.29. The Labute approximate surface area is 201 Å². The van der Waals surface area contributed by atoms with Crippen molar-refractivity contribution in [3.8, 4) is 0 Å². The van der Waals surface area contributed by atoms with Crippen LogP contribution in [0.5, 0.6) is 0 Å². The molecule has 0 spiro atoms. The minimum absolute atomic E-state index is 0.0618. The van der Waals surface area contributed by atoms with Crippen molar-refractivity contribution in [2.24, 2.45) is 22.7 Å². The molecule has 0 heterocycles. The van der Waals surface area contributed by atoms with Crippen LogP contribution < -0.4 is 16.0 Å². The van der Waals surface area contributed by atoms with Crippen LogP contribution in [0.15, 0.2) is 23.5 Å². The van der Waals surface area contributed by atoms with Crippen LogP contribution in [-0.4, -0.2) is 43.0 Å². The molecule has 4 N–H and O–H groups in total. The second-order valence-corrected chi connectivity index (χ2v) is 12.2. The fourth-order valence-electron chi connectivity index (χ4n) is 5.65. The molecule has 7 nitrogen and oxygen atoms in total. The van der Waals surface area contributed by atoms with Crippen LogP contribution in [-0.2, 0) is 13.6 Å². The number of ether oxygens (including phenoxy) is 1. The van der Waals surface area contributed by atoms with Crippen molar-refractivity contribution in [3.05, 3.63) is 23.5 Å². The van der Waals surface area contributed by atoms with Gasteiger partial charge in [0.05, 0.1) is 6.61 Å². The Balaban J connectivity index is 2.30. The standard InChI is InChI=1S/C25H45N3O4S/c1-7-24(4,14-11-15-33(6,30)31)25(16-21(25)20-12-9-10-13-20)23(29)28-22(26-8-2)17-27-19(3)18-32-5/h11,15,17,19-21,26-27H,7-10,12-14,16,18H2,1-6H3,(H-,28,29,30)/p+1/b15-11+,22-17+/t19-,21?,24+,25?/m1/s1. The molecule has 0 bridgehead atoms. The molecule has 0 aromatic carbocycles. The summed E-state index contributed by atoms with van der Waals surface area (Å²) in [4.78, 5) is 13.9. The zero-order valence-corrected chi connectivity index (χ0v) is 22.2. The summed E-state index contributed by atoms with van der Waals surface area (Å²) in [5.41, 5.74) is -0.766. The van der Waals surface area contributed by atoms with E-state index < -0.39 is 15.5 Å². The molecule has 8 heteroatoms. The number of methoxy groups -OCH3 is 1. The molecule has 190 valence electrons. The van der Waals surface area contributed by atoms with E-state index in [9.17, 15) is 13.4 Å². The van der Waals surface area contributed by atoms with Crippen LogP contribution in [0.4, 0.5) is 0 Å². The van der Waals surface area contributed by atoms with Gasteiger partial charge in [0, 0.05) is 7.11 Å². The van der Waals surface area contributed by atoms with Gasteiger partial charge in [-0.1, -0.05) is 0 Å². The predicted octanol–water partition coefficient (Wildman–Crippen LogP) is 4.91. The summed E-state index contributed by atoms with van der Waals surface area (Å²) in [7, 11) is -1.28. The van der Waals surface area contributed by atoms with E-state index in [1.54, 1.807) is 13.2 Å². The second kappa shape index (κ2) is 12.0. The zero-order chi connectivity index (χ0) is 24.7. The summed E-state index contributed by atoms with van der Waals surface area (Å²) in [5.74, 6) is 1.68. The third-order valence-electron chi connectivity index (χ3n) is 7.71. The van der Waals surface area contributed by atoms with Crippen LogP contribution in [0.25, 0.3) is 0 Å². The van der Waals surface area contributed by atoms with Gasteiger partial charge in [-0.2, -0.15) is 0 Å². The molecule has 2 aliphatic carbocycles. The van der Waals surface area contributed by atoms with Gasteiger partial charge in [0.1, 0.15) is 0 Å². The number of nitrogens with one attached hydrogen (secondary N) is 3. The van der Waals surface area contributed by atoms with Crippen molar-refractivity contribution in [1.82, 2.24) is 16.0 Å². The van der Waals surface area contributed by atoms with Gasteiger partial charge in [-0.3, -0.25) is 0 Å². The van der Waals surface area contributed by atoms with Crippen LogP contribution >= 0.6 is 10.1 Å². The summed E-state index contributed by atoms with van der Waals surface area (Å²) >= 11 is 0. The fourth-order valence-corrected chi connectivity index (χ4v) is 6.11. The maximum atomic E-state index is 13.9. The predicted molar refractivity (Wildman–Crippen MR) is 136 cm³/mol. The van der Waals surface area contributed by atoms with Crippen molar-refractivity contribution in [3.63, 3.8) is 0 Å². The first kappa shape index (κ1) is 28.0. The van der Waals surface area contributed by atoms with Gasteiger partial charge < -0.3 is 4.74 Å². The van der Waals surface area contributed by atoms with Gasteiger partial charge in [-0.25, -0.2) is 0 Å². The SMILES string of the molecule is CCN/C(=C\N[C@H](C)COC)NC(=O)C1([C@@](C)(CC)C/C=C/S(C)(#[O+])O)CC1C1CCCC1. The van der Waals surface area contributed by atoms with Crippen LogP contribution in [0.3, 0.4) is 0 Å². The van der Waals surface area contributed by atoms with E-state index in [2.05, 4.69) is 29.8 Å². The van der Waals surface area contributed by atoms with E-state index in [-0.39, 0.29) is 17.4 Å². The molecule has 2 rings (SSSR count). The molecule has 2 fully saturated rings. The summed E-state index contributed by atoms with van der Waals surface area (Å²) in [6, 6.07) is 0.120. The second-order valence-electron chi connectivity index (χ2n) is 10.2. The van der Waals surface area contributed by atoms with E-state index in [4.69, 9.17) is 4.74 Å². The van der Waals surface area contributed by atoms with Gasteiger partial charge >= 0.3 is 176 Å². The Morgan fingerprint density at radius 1 is 1.36 bits per heavy atom. The third kappa shape index (κ3) is 7.13. The molecule has 2 aliphatic rings. The number of allylic oxidation sites excluding steroid dienone is 1. The number of carbonyl (C=O) groups is 1. The van der Waals surface area contributed by atoms with Crippen molar-refractivity contribution in [1.29, 1.82) is 0 Å². The Kier molecular flexibility index (Phi) is 10.2.